The van der Waals surface area contributed by atoms with Crippen molar-refractivity contribution >= 4 is 90.6 Å². The molecule has 0 atom stereocenters. The second-order valence-electron chi connectivity index (χ2n) is 13.1. The molecule has 0 bridgehead atoms. The van der Waals surface area contributed by atoms with Crippen LogP contribution in [0.15, 0.2) is 167 Å². The zero-order valence-corrected chi connectivity index (χ0v) is 35.8. The third-order valence-electron chi connectivity index (χ3n) is 9.48. The normalized spacial score (nSPS) is 10.2. The Kier molecular flexibility index (Phi) is 14.7. The summed E-state index contributed by atoms with van der Waals surface area (Å²) < 4.78 is 12.2. The molecule has 15 heteroatoms. The monoisotopic (exact) mass is 950 g/mol. The molecule has 0 saturated heterocycles. The molecule has 0 amide bonds. The van der Waals surface area contributed by atoms with Gasteiger partial charge in [0, 0.05) is 46.3 Å². The first-order valence-corrected chi connectivity index (χ1v) is 19.2. The molecule has 6 heterocycles. The van der Waals surface area contributed by atoms with Crippen molar-refractivity contribution < 1.29 is 48.1 Å². The summed E-state index contributed by atoms with van der Waals surface area (Å²) in [6, 6.07) is 42.6. The zero-order valence-electron chi connectivity index (χ0n) is 32.4. The number of aromatic nitrogens is 4. The molecule has 6 aromatic heterocycles. The second-order valence-corrected chi connectivity index (χ2v) is 13.5. The first kappa shape index (κ1) is 44.8. The van der Waals surface area contributed by atoms with Gasteiger partial charge in [0.15, 0.2) is 0 Å². The van der Waals surface area contributed by atoms with Crippen molar-refractivity contribution in [3.63, 3.8) is 0 Å². The van der Waals surface area contributed by atoms with E-state index in [0.717, 1.165) is 77.5 Å². The van der Waals surface area contributed by atoms with Crippen LogP contribution in [-0.2, 0) is 19.5 Å². The Hall–Kier alpha value is -7.76. The Morgan fingerprint density at radius 3 is 1.14 bits per heavy atom. The van der Waals surface area contributed by atoms with E-state index in [1.807, 2.05) is 60.9 Å². The van der Waals surface area contributed by atoms with E-state index in [1.165, 1.54) is 47.0 Å². The molecule has 4 aromatic carbocycles. The van der Waals surface area contributed by atoms with E-state index in [9.17, 15) is 9.59 Å². The largest absolute Gasteiger partial charge is 2.00 e. The minimum Gasteiger partial charge on any atom is -0.753 e. The quantitative estimate of drug-likeness (QED) is 0.0910. The van der Waals surface area contributed by atoms with Crippen LogP contribution in [0.4, 0.5) is 0 Å². The van der Waals surface area contributed by atoms with E-state index in [0.29, 0.717) is 11.4 Å². The van der Waals surface area contributed by atoms with Gasteiger partial charge in [-0.3, -0.25) is 19.9 Å². The Morgan fingerprint density at radius 2 is 0.762 bits per heavy atom. The number of pyridine rings is 4. The molecule has 0 aliphatic heterocycles. The predicted molar refractivity (Wildman–Crippen MR) is 246 cm³/mol. The molecule has 0 unspecified atom stereocenters. The number of nitrogens with zero attached hydrogens (tertiary/aromatic N) is 6. The maximum absolute atomic E-state index is 10.8. The van der Waals surface area contributed by atoms with Crippen molar-refractivity contribution in [2.24, 2.45) is 0 Å². The first-order chi connectivity index (χ1) is 30.2. The van der Waals surface area contributed by atoms with Crippen molar-refractivity contribution in [1.82, 2.24) is 19.9 Å². The molecule has 0 radical (unpaired) electrons. The number of furan rings is 2. The SMILES string of the molecule is O=C(O)c1ccnc(-c2cc(C(=O)O)ccn2)c1.[N-]=C=S.[N-]=C=S.[Ru+2].c1ccc2c(c1)oc1cc(-c3ccnc(-c4cc(-c5ccc6c(c5)oc5ccccc56)ccn4)c3)ccc12. The Labute approximate surface area is 381 Å². The summed E-state index contributed by atoms with van der Waals surface area (Å²) in [6.45, 7) is 0. The van der Waals surface area contributed by atoms with Gasteiger partial charge in [0.2, 0.25) is 0 Å². The van der Waals surface area contributed by atoms with Crippen molar-refractivity contribution in [2.75, 3.05) is 0 Å². The number of carboxylic acid groups (broad SMARTS) is 2. The fourth-order valence-corrected chi connectivity index (χ4v) is 6.72. The molecule has 10 aromatic rings. The van der Waals surface area contributed by atoms with Crippen LogP contribution >= 0.6 is 24.4 Å². The number of carboxylic acids is 2. The molecular weight excluding hydrogens is 922 g/mol. The molecule has 63 heavy (non-hydrogen) atoms. The van der Waals surface area contributed by atoms with Gasteiger partial charge in [-0.25, -0.2) is 9.59 Å². The number of rotatable bonds is 6. The second kappa shape index (κ2) is 20.7. The molecule has 0 saturated carbocycles. The number of hydrogen-bond acceptors (Lipinski definition) is 10. The average molecular weight is 950 g/mol. The van der Waals surface area contributed by atoms with Crippen LogP contribution in [0.25, 0.3) is 99.7 Å². The summed E-state index contributed by atoms with van der Waals surface area (Å²) in [5.41, 5.74) is 10.2. The molecule has 12 nitrogen and oxygen atoms in total. The fraction of sp³-hybridized carbons (Fsp3) is 0. The summed E-state index contributed by atoms with van der Waals surface area (Å²) in [5.74, 6) is -2.15. The van der Waals surface area contributed by atoms with Crippen molar-refractivity contribution in [3.05, 3.63) is 180 Å². The van der Waals surface area contributed by atoms with Crippen molar-refractivity contribution in [3.8, 4) is 45.0 Å². The van der Waals surface area contributed by atoms with Gasteiger partial charge in [-0.2, -0.15) is 10.3 Å². The maximum Gasteiger partial charge on any atom is 2.00 e. The van der Waals surface area contributed by atoms with Gasteiger partial charge in [-0.1, -0.05) is 73.0 Å². The third kappa shape index (κ3) is 10.2. The van der Waals surface area contributed by atoms with Crippen LogP contribution in [-0.4, -0.2) is 52.4 Å². The Balaban J connectivity index is 0.000000222. The number of benzene rings is 4. The van der Waals surface area contributed by atoms with Crippen molar-refractivity contribution in [2.45, 2.75) is 0 Å². The number of thiocarbonyl (C=S) groups is 2. The topological polar surface area (TPSA) is 197 Å². The van der Waals surface area contributed by atoms with E-state index in [2.05, 4.69) is 105 Å². The van der Waals surface area contributed by atoms with Crippen LogP contribution in [0.5, 0.6) is 0 Å². The van der Waals surface area contributed by atoms with Gasteiger partial charge in [-0.05, 0) is 107 Å². The molecule has 306 valence electrons. The number of aromatic carboxylic acids is 2. The molecule has 0 fully saturated rings. The van der Waals surface area contributed by atoms with Crippen LogP contribution in [0.2, 0.25) is 0 Å². The van der Waals surface area contributed by atoms with Gasteiger partial charge in [0.1, 0.15) is 22.3 Å². The Bertz CT molecular complexity index is 3140. The van der Waals surface area contributed by atoms with Gasteiger partial charge in [0.05, 0.1) is 33.9 Å². The number of para-hydroxylation sites is 2. The summed E-state index contributed by atoms with van der Waals surface area (Å²) >= 11 is 7.40. The fourth-order valence-electron chi connectivity index (χ4n) is 6.72. The van der Waals surface area contributed by atoms with E-state index >= 15 is 0 Å². The Morgan fingerprint density at radius 1 is 0.444 bits per heavy atom. The van der Waals surface area contributed by atoms with E-state index in [1.54, 1.807) is 0 Å². The number of carbonyl (C=O) groups is 2. The minimum absolute atomic E-state index is 0. The molecule has 0 spiro atoms. The van der Waals surface area contributed by atoms with E-state index in [4.69, 9.17) is 29.9 Å². The minimum atomic E-state index is -1.08. The average Bonchev–Trinajstić information content (AvgIpc) is 3.87. The third-order valence-corrected chi connectivity index (χ3v) is 9.48. The van der Waals surface area contributed by atoms with Crippen LogP contribution in [0.1, 0.15) is 20.7 Å². The summed E-state index contributed by atoms with van der Waals surface area (Å²) in [6.07, 6.45) is 6.35. The molecular formula is C48H28N6O6RuS2. The van der Waals surface area contributed by atoms with Gasteiger partial charge < -0.3 is 29.9 Å². The molecule has 10 rings (SSSR count). The van der Waals surface area contributed by atoms with E-state index < -0.39 is 11.9 Å². The molecule has 2 N–H and O–H groups in total. The van der Waals surface area contributed by atoms with E-state index in [-0.39, 0.29) is 30.6 Å². The number of hydrogen-bond donors (Lipinski definition) is 2. The van der Waals surface area contributed by atoms with Crippen LogP contribution in [0, 0.1) is 0 Å². The van der Waals surface area contributed by atoms with Crippen LogP contribution in [0.3, 0.4) is 0 Å². The smallest absolute Gasteiger partial charge is 0.753 e. The standard InChI is InChI=1S/C34H20N2O2.C12H8N2O4.2CNS.Ru/c1-3-7-31-25(5-1)27-11-9-21(19-33(27)37-31)23-13-15-35-29(17-23)30-18-24(14-16-36-30)22-10-12-28-26-6-2-4-8-32(26)38-34(28)20-22;15-11(16)7-1-3-13-9(5-7)10-6-8(12(17)18)2-4-14-10;2*2-1-3;/h1-20H;1-6H,(H,15,16)(H,17,18);;;/q;;2*-1;+2. The van der Waals surface area contributed by atoms with Gasteiger partial charge in [0.25, 0.3) is 0 Å². The molecule has 0 aliphatic rings. The van der Waals surface area contributed by atoms with Gasteiger partial charge >= 0.3 is 31.4 Å². The number of fused-ring (bicyclic) bond motifs is 6. The van der Waals surface area contributed by atoms with Crippen LogP contribution < -0.4 is 0 Å². The summed E-state index contributed by atoms with van der Waals surface area (Å²) in [4.78, 5) is 38.9. The first-order valence-electron chi connectivity index (χ1n) is 18.4. The number of isothiocyanates is 2. The van der Waals surface area contributed by atoms with Gasteiger partial charge in [-0.15, -0.1) is 0 Å². The summed E-state index contributed by atoms with van der Waals surface area (Å²) in [7, 11) is 0. The zero-order chi connectivity index (χ0) is 43.6. The predicted octanol–water partition coefficient (Wildman–Crippen LogP) is 12.1. The molecule has 0 aliphatic carbocycles. The maximum atomic E-state index is 10.8. The summed E-state index contributed by atoms with van der Waals surface area (Å²) in [5, 5.41) is 39.1. The van der Waals surface area contributed by atoms with Crippen molar-refractivity contribution in [1.29, 1.82) is 0 Å².